The monoisotopic (exact) mass is 238 g/mol. The first-order valence-electron chi connectivity index (χ1n) is 6.93. The minimum Gasteiger partial charge on any atom is -0.373 e. The Kier molecular flexibility index (Phi) is 3.09. The summed E-state index contributed by atoms with van der Waals surface area (Å²) in [5.74, 6) is 0.575. The molecule has 17 heavy (non-hydrogen) atoms. The van der Waals surface area contributed by atoms with Gasteiger partial charge in [-0.05, 0) is 32.1 Å². The van der Waals surface area contributed by atoms with Crippen LogP contribution in [0.1, 0.15) is 32.1 Å². The van der Waals surface area contributed by atoms with Crippen LogP contribution in [0, 0.1) is 5.92 Å². The van der Waals surface area contributed by atoms with Crippen molar-refractivity contribution < 1.29 is 9.53 Å². The van der Waals surface area contributed by atoms with Crippen molar-refractivity contribution in [3.63, 3.8) is 0 Å². The average Bonchev–Trinajstić information content (AvgIpc) is 2.28. The van der Waals surface area contributed by atoms with E-state index in [-0.39, 0.29) is 11.5 Å². The van der Waals surface area contributed by atoms with Crippen LogP contribution in [-0.2, 0) is 9.53 Å². The van der Waals surface area contributed by atoms with Gasteiger partial charge >= 0.3 is 0 Å². The summed E-state index contributed by atoms with van der Waals surface area (Å²) in [6.45, 7) is 4.38. The summed E-state index contributed by atoms with van der Waals surface area (Å²) in [6, 6.07) is 0. The zero-order valence-corrected chi connectivity index (χ0v) is 10.4. The van der Waals surface area contributed by atoms with Gasteiger partial charge in [0, 0.05) is 32.8 Å². The normalized spacial score (nSPS) is 34.7. The standard InChI is InChI=1S/C13H22N2O2/c16-12(11-8-14-9-11)15-6-3-5-13(10-15)4-1-2-7-17-13/h11,14H,1-10H2. The lowest BCUT2D eigenvalue weighted by Crippen LogP contribution is -2.58. The fourth-order valence-corrected chi connectivity index (χ4v) is 3.24. The highest BCUT2D eigenvalue weighted by atomic mass is 16.5. The van der Waals surface area contributed by atoms with Gasteiger partial charge in [0.15, 0.2) is 0 Å². The number of rotatable bonds is 1. The third kappa shape index (κ3) is 2.20. The third-order valence-electron chi connectivity index (χ3n) is 4.42. The molecular weight excluding hydrogens is 216 g/mol. The number of piperidine rings is 1. The van der Waals surface area contributed by atoms with Crippen molar-refractivity contribution >= 4 is 5.91 Å². The van der Waals surface area contributed by atoms with Gasteiger partial charge in [0.05, 0.1) is 11.5 Å². The van der Waals surface area contributed by atoms with Gasteiger partial charge in [0.2, 0.25) is 5.91 Å². The van der Waals surface area contributed by atoms with E-state index in [1.807, 2.05) is 0 Å². The van der Waals surface area contributed by atoms with E-state index >= 15 is 0 Å². The molecule has 1 spiro atoms. The molecule has 1 unspecified atom stereocenters. The van der Waals surface area contributed by atoms with E-state index < -0.39 is 0 Å². The molecule has 1 N–H and O–H groups in total. The van der Waals surface area contributed by atoms with Crippen molar-refractivity contribution in [3.8, 4) is 0 Å². The number of likely N-dealkylation sites (tertiary alicyclic amines) is 1. The maximum Gasteiger partial charge on any atom is 0.228 e. The third-order valence-corrected chi connectivity index (χ3v) is 4.42. The molecule has 3 fully saturated rings. The van der Waals surface area contributed by atoms with Crippen LogP contribution in [0.3, 0.4) is 0 Å². The van der Waals surface area contributed by atoms with Gasteiger partial charge in [-0.25, -0.2) is 0 Å². The topological polar surface area (TPSA) is 41.6 Å². The molecule has 0 bridgehead atoms. The summed E-state index contributed by atoms with van der Waals surface area (Å²) in [6.07, 6.45) is 5.82. The first-order valence-corrected chi connectivity index (χ1v) is 6.93. The second-order valence-corrected chi connectivity index (χ2v) is 5.71. The summed E-state index contributed by atoms with van der Waals surface area (Å²) in [7, 11) is 0. The Morgan fingerprint density at radius 1 is 1.24 bits per heavy atom. The number of hydrogen-bond donors (Lipinski definition) is 1. The minimum absolute atomic E-state index is 0.00331. The van der Waals surface area contributed by atoms with E-state index in [2.05, 4.69) is 10.2 Å². The predicted octanol–water partition coefficient (Wildman–Crippen LogP) is 0.767. The Hall–Kier alpha value is -0.610. The van der Waals surface area contributed by atoms with Crippen LogP contribution in [0.2, 0.25) is 0 Å². The lowest BCUT2D eigenvalue weighted by Gasteiger charge is -2.46. The zero-order chi connectivity index (χ0) is 11.7. The fourth-order valence-electron chi connectivity index (χ4n) is 3.24. The van der Waals surface area contributed by atoms with Gasteiger partial charge in [0.1, 0.15) is 0 Å². The summed E-state index contributed by atoms with van der Waals surface area (Å²) in [4.78, 5) is 14.3. The second-order valence-electron chi connectivity index (χ2n) is 5.71. The first-order chi connectivity index (χ1) is 8.29. The highest BCUT2D eigenvalue weighted by Crippen LogP contribution is 2.34. The summed E-state index contributed by atoms with van der Waals surface area (Å²) >= 11 is 0. The largest absolute Gasteiger partial charge is 0.373 e. The Balaban J connectivity index is 1.64. The van der Waals surface area contributed by atoms with Crippen molar-refractivity contribution in [2.45, 2.75) is 37.7 Å². The van der Waals surface area contributed by atoms with Gasteiger partial charge in [-0.3, -0.25) is 4.79 Å². The molecule has 1 atom stereocenters. The van der Waals surface area contributed by atoms with E-state index in [1.165, 1.54) is 12.8 Å². The number of nitrogens with zero attached hydrogens (tertiary/aromatic N) is 1. The van der Waals surface area contributed by atoms with E-state index in [9.17, 15) is 4.79 Å². The van der Waals surface area contributed by atoms with Crippen LogP contribution in [-0.4, -0.2) is 49.2 Å². The summed E-state index contributed by atoms with van der Waals surface area (Å²) in [5, 5.41) is 3.17. The molecule has 0 aromatic carbocycles. The number of carbonyl (C=O) groups excluding carboxylic acids is 1. The molecule has 0 radical (unpaired) electrons. The molecule has 0 saturated carbocycles. The molecule has 3 aliphatic rings. The van der Waals surface area contributed by atoms with Crippen LogP contribution in [0.15, 0.2) is 0 Å². The molecule has 0 aromatic rings. The molecule has 0 aliphatic carbocycles. The van der Waals surface area contributed by atoms with Gasteiger partial charge in [-0.1, -0.05) is 0 Å². The number of nitrogens with one attached hydrogen (secondary N) is 1. The smallest absolute Gasteiger partial charge is 0.228 e. The molecule has 1 amide bonds. The Bertz CT molecular complexity index is 290. The van der Waals surface area contributed by atoms with Crippen LogP contribution < -0.4 is 5.32 Å². The van der Waals surface area contributed by atoms with Crippen molar-refractivity contribution in [2.24, 2.45) is 5.92 Å². The van der Waals surface area contributed by atoms with Crippen LogP contribution >= 0.6 is 0 Å². The highest BCUT2D eigenvalue weighted by molar-refractivity contribution is 5.80. The highest BCUT2D eigenvalue weighted by Gasteiger charge is 2.41. The summed E-state index contributed by atoms with van der Waals surface area (Å²) < 4.78 is 6.01. The minimum atomic E-state index is 0.00331. The average molecular weight is 238 g/mol. The maximum atomic E-state index is 12.2. The van der Waals surface area contributed by atoms with E-state index in [0.29, 0.717) is 5.91 Å². The van der Waals surface area contributed by atoms with E-state index in [0.717, 1.165) is 52.0 Å². The first kappa shape index (κ1) is 11.5. The van der Waals surface area contributed by atoms with Gasteiger partial charge < -0.3 is 15.0 Å². The SMILES string of the molecule is O=C(C1CNC1)N1CCCC2(CCCCO2)C1. The van der Waals surface area contributed by atoms with Crippen molar-refractivity contribution in [3.05, 3.63) is 0 Å². The lowest BCUT2D eigenvalue weighted by molar-refractivity contribution is -0.153. The number of ether oxygens (including phenoxy) is 1. The predicted molar refractivity (Wildman–Crippen MR) is 64.7 cm³/mol. The molecule has 3 rings (SSSR count). The Labute approximate surface area is 103 Å². The molecule has 0 aromatic heterocycles. The lowest BCUT2D eigenvalue weighted by atomic mass is 9.85. The summed E-state index contributed by atoms with van der Waals surface area (Å²) in [5.41, 5.74) is 0.00331. The molecule has 96 valence electrons. The Morgan fingerprint density at radius 3 is 2.71 bits per heavy atom. The zero-order valence-electron chi connectivity index (χ0n) is 10.4. The maximum absolute atomic E-state index is 12.2. The number of amides is 1. The molecular formula is C13H22N2O2. The molecule has 4 heteroatoms. The molecule has 3 heterocycles. The molecule has 4 nitrogen and oxygen atoms in total. The molecule has 3 saturated heterocycles. The van der Waals surface area contributed by atoms with Gasteiger partial charge in [-0.2, -0.15) is 0 Å². The Morgan fingerprint density at radius 2 is 2.06 bits per heavy atom. The number of carbonyl (C=O) groups is 1. The van der Waals surface area contributed by atoms with E-state index in [1.54, 1.807) is 0 Å². The van der Waals surface area contributed by atoms with Gasteiger partial charge in [0.25, 0.3) is 0 Å². The van der Waals surface area contributed by atoms with Crippen LogP contribution in [0.4, 0.5) is 0 Å². The second kappa shape index (κ2) is 4.58. The van der Waals surface area contributed by atoms with Crippen molar-refractivity contribution in [1.82, 2.24) is 10.2 Å². The van der Waals surface area contributed by atoms with Crippen LogP contribution in [0.5, 0.6) is 0 Å². The fraction of sp³-hybridized carbons (Fsp3) is 0.923. The quantitative estimate of drug-likeness (QED) is 0.733. The van der Waals surface area contributed by atoms with Crippen molar-refractivity contribution in [1.29, 1.82) is 0 Å². The van der Waals surface area contributed by atoms with Crippen LogP contribution in [0.25, 0.3) is 0 Å². The van der Waals surface area contributed by atoms with Gasteiger partial charge in [-0.15, -0.1) is 0 Å². The van der Waals surface area contributed by atoms with Crippen molar-refractivity contribution in [2.75, 3.05) is 32.8 Å². The van der Waals surface area contributed by atoms with E-state index in [4.69, 9.17) is 4.74 Å². The number of hydrogen-bond acceptors (Lipinski definition) is 3. The molecule has 3 aliphatic heterocycles.